The summed E-state index contributed by atoms with van der Waals surface area (Å²) in [5.41, 5.74) is 2.24. The summed E-state index contributed by atoms with van der Waals surface area (Å²) in [4.78, 5) is 0. The number of thiocyanates is 1. The van der Waals surface area contributed by atoms with E-state index in [2.05, 4.69) is 17.5 Å². The highest BCUT2D eigenvalue weighted by Gasteiger charge is 2.46. The molecule has 3 aromatic rings. The van der Waals surface area contributed by atoms with Gasteiger partial charge in [-0.05, 0) is 29.3 Å². The van der Waals surface area contributed by atoms with Crippen LogP contribution in [-0.4, -0.2) is 5.66 Å². The lowest BCUT2D eigenvalue weighted by Crippen LogP contribution is -2.27. The van der Waals surface area contributed by atoms with Crippen molar-refractivity contribution in [3.05, 3.63) is 96.1 Å². The SMILES string of the molecule is N#CSC1c2ccccc2CC1P(=O)(c1ccccc1)c1ccccc1. The number of rotatable bonds is 4. The zero-order valence-electron chi connectivity index (χ0n) is 14.2. The fraction of sp³-hybridized carbons (Fsp3) is 0.136. The summed E-state index contributed by atoms with van der Waals surface area (Å²) in [5.74, 6) is 0. The third-order valence-electron chi connectivity index (χ3n) is 5.07. The second-order valence-electron chi connectivity index (χ2n) is 6.43. The van der Waals surface area contributed by atoms with Crippen molar-refractivity contribution in [2.75, 3.05) is 0 Å². The molecule has 0 amide bonds. The number of fused-ring (bicyclic) bond motifs is 1. The Labute approximate surface area is 158 Å². The second kappa shape index (κ2) is 7.16. The minimum Gasteiger partial charge on any atom is -0.313 e. The summed E-state index contributed by atoms with van der Waals surface area (Å²) >= 11 is 1.24. The molecule has 0 bridgehead atoms. The summed E-state index contributed by atoms with van der Waals surface area (Å²) in [6, 6.07) is 27.7. The highest BCUT2D eigenvalue weighted by atomic mass is 32.2. The summed E-state index contributed by atoms with van der Waals surface area (Å²) in [6.07, 6.45) is 0.733. The lowest BCUT2D eigenvalue weighted by Gasteiger charge is -2.29. The molecular formula is C22H18NOPS. The quantitative estimate of drug-likeness (QED) is 0.482. The van der Waals surface area contributed by atoms with E-state index >= 15 is 0 Å². The molecule has 0 saturated carbocycles. The lowest BCUT2D eigenvalue weighted by atomic mass is 10.1. The maximum absolute atomic E-state index is 14.6. The average Bonchev–Trinajstić information content (AvgIpc) is 3.08. The van der Waals surface area contributed by atoms with Crippen LogP contribution in [0, 0.1) is 10.7 Å². The van der Waals surface area contributed by atoms with Crippen molar-refractivity contribution in [3.63, 3.8) is 0 Å². The molecule has 0 N–H and O–H groups in total. The van der Waals surface area contributed by atoms with E-state index in [4.69, 9.17) is 0 Å². The highest BCUT2D eigenvalue weighted by molar-refractivity contribution is 8.04. The molecule has 2 unspecified atom stereocenters. The van der Waals surface area contributed by atoms with Crippen LogP contribution in [0.1, 0.15) is 16.4 Å². The minimum absolute atomic E-state index is 0.0811. The van der Waals surface area contributed by atoms with Crippen LogP contribution in [0.15, 0.2) is 84.9 Å². The molecule has 26 heavy (non-hydrogen) atoms. The van der Waals surface area contributed by atoms with Crippen LogP contribution < -0.4 is 10.6 Å². The third kappa shape index (κ3) is 2.80. The van der Waals surface area contributed by atoms with Crippen LogP contribution in [-0.2, 0) is 11.0 Å². The van der Waals surface area contributed by atoms with E-state index < -0.39 is 7.14 Å². The molecule has 0 spiro atoms. The van der Waals surface area contributed by atoms with Crippen LogP contribution in [0.4, 0.5) is 0 Å². The fourth-order valence-electron chi connectivity index (χ4n) is 3.89. The lowest BCUT2D eigenvalue weighted by molar-refractivity contribution is 0.577. The molecule has 4 heteroatoms. The van der Waals surface area contributed by atoms with Gasteiger partial charge in [-0.1, -0.05) is 84.9 Å². The molecular weight excluding hydrogens is 357 g/mol. The maximum Gasteiger partial charge on any atom is 0.147 e. The predicted molar refractivity (Wildman–Crippen MR) is 110 cm³/mol. The van der Waals surface area contributed by atoms with Crippen molar-refractivity contribution in [3.8, 4) is 5.40 Å². The van der Waals surface area contributed by atoms with Crippen LogP contribution in [0.25, 0.3) is 0 Å². The molecule has 1 aliphatic carbocycles. The molecule has 0 radical (unpaired) electrons. The molecule has 2 atom stereocenters. The largest absolute Gasteiger partial charge is 0.313 e. The normalized spacial score (nSPS) is 18.9. The topological polar surface area (TPSA) is 40.9 Å². The summed E-state index contributed by atoms with van der Waals surface area (Å²) in [7, 11) is -2.91. The van der Waals surface area contributed by atoms with Crippen molar-refractivity contribution >= 4 is 29.5 Å². The van der Waals surface area contributed by atoms with Crippen molar-refractivity contribution in [2.45, 2.75) is 17.3 Å². The van der Waals surface area contributed by atoms with Gasteiger partial charge >= 0.3 is 0 Å². The Hall–Kier alpha value is -2.27. The Morgan fingerprint density at radius 3 is 1.96 bits per heavy atom. The molecule has 1 aliphatic rings. The van der Waals surface area contributed by atoms with Gasteiger partial charge in [-0.2, -0.15) is 5.26 Å². The second-order valence-corrected chi connectivity index (χ2v) is 10.4. The van der Waals surface area contributed by atoms with Gasteiger partial charge in [-0.25, -0.2) is 0 Å². The smallest absolute Gasteiger partial charge is 0.147 e. The molecule has 4 rings (SSSR count). The van der Waals surface area contributed by atoms with Crippen LogP contribution >= 0.6 is 18.9 Å². The van der Waals surface area contributed by atoms with Gasteiger partial charge in [0.15, 0.2) is 0 Å². The Morgan fingerprint density at radius 1 is 0.846 bits per heavy atom. The molecule has 0 aliphatic heterocycles. The van der Waals surface area contributed by atoms with Gasteiger partial charge in [0.05, 0.1) is 5.25 Å². The number of hydrogen-bond donors (Lipinski definition) is 0. The van der Waals surface area contributed by atoms with Crippen LogP contribution in [0.5, 0.6) is 0 Å². The molecule has 0 saturated heterocycles. The summed E-state index contributed by atoms with van der Waals surface area (Å²) in [6.45, 7) is 0. The van der Waals surface area contributed by atoms with Gasteiger partial charge < -0.3 is 4.57 Å². The molecule has 128 valence electrons. The number of benzene rings is 3. The van der Waals surface area contributed by atoms with Gasteiger partial charge in [0.2, 0.25) is 0 Å². The van der Waals surface area contributed by atoms with E-state index in [-0.39, 0.29) is 10.9 Å². The summed E-state index contributed by atoms with van der Waals surface area (Å²) in [5, 5.41) is 13.3. The van der Waals surface area contributed by atoms with Crippen molar-refractivity contribution in [2.24, 2.45) is 0 Å². The van der Waals surface area contributed by atoms with E-state index in [1.54, 1.807) is 0 Å². The zero-order valence-corrected chi connectivity index (χ0v) is 15.9. The highest BCUT2D eigenvalue weighted by Crippen LogP contribution is 2.60. The molecule has 0 heterocycles. The van der Waals surface area contributed by atoms with Gasteiger partial charge in [0, 0.05) is 16.3 Å². The van der Waals surface area contributed by atoms with Gasteiger partial charge in [-0.3, -0.25) is 0 Å². The molecule has 2 nitrogen and oxygen atoms in total. The predicted octanol–water partition coefficient (Wildman–Crippen LogP) is 4.88. The summed E-state index contributed by atoms with van der Waals surface area (Å²) < 4.78 is 14.6. The average molecular weight is 375 g/mol. The Kier molecular flexibility index (Phi) is 4.72. The first-order valence-electron chi connectivity index (χ1n) is 8.58. The van der Waals surface area contributed by atoms with E-state index in [1.165, 1.54) is 17.3 Å². The van der Waals surface area contributed by atoms with E-state index in [0.29, 0.717) is 0 Å². The first kappa shape index (κ1) is 17.2. The number of hydrogen-bond acceptors (Lipinski definition) is 3. The van der Waals surface area contributed by atoms with Crippen molar-refractivity contribution < 1.29 is 4.57 Å². The Bertz CT molecular complexity index is 954. The van der Waals surface area contributed by atoms with Crippen molar-refractivity contribution in [1.29, 1.82) is 5.26 Å². The van der Waals surface area contributed by atoms with Crippen LogP contribution in [0.3, 0.4) is 0 Å². The molecule has 0 aromatic heterocycles. The van der Waals surface area contributed by atoms with E-state index in [1.807, 2.05) is 72.8 Å². The Morgan fingerprint density at radius 2 is 1.38 bits per heavy atom. The molecule has 0 fully saturated rings. The van der Waals surface area contributed by atoms with Crippen LogP contribution in [0.2, 0.25) is 0 Å². The van der Waals surface area contributed by atoms with Gasteiger partial charge in [-0.15, -0.1) is 0 Å². The first-order chi connectivity index (χ1) is 12.7. The van der Waals surface area contributed by atoms with Gasteiger partial charge in [0.1, 0.15) is 12.5 Å². The standard InChI is InChI=1S/C22H18NOPS/c23-16-26-22-20-14-8-7-9-17(20)15-21(22)25(24,18-10-3-1-4-11-18)19-12-5-2-6-13-19/h1-14,21-22H,15H2. The monoisotopic (exact) mass is 375 g/mol. The Balaban J connectivity index is 1.91. The van der Waals surface area contributed by atoms with Gasteiger partial charge in [0.25, 0.3) is 0 Å². The first-order valence-corrected chi connectivity index (χ1v) is 11.2. The third-order valence-corrected chi connectivity index (χ3v) is 9.76. The maximum atomic E-state index is 14.6. The number of nitriles is 1. The molecule has 3 aromatic carbocycles. The van der Waals surface area contributed by atoms with E-state index in [9.17, 15) is 9.83 Å². The number of nitrogens with zero attached hydrogens (tertiary/aromatic N) is 1. The number of thioether (sulfide) groups is 1. The van der Waals surface area contributed by atoms with Crippen molar-refractivity contribution in [1.82, 2.24) is 0 Å². The minimum atomic E-state index is -2.91. The zero-order chi connectivity index (χ0) is 18.0. The van der Waals surface area contributed by atoms with E-state index in [0.717, 1.165) is 22.6 Å². The fourth-order valence-corrected chi connectivity index (χ4v) is 8.60.